The van der Waals surface area contributed by atoms with E-state index in [1.807, 2.05) is 35.7 Å². The molecule has 1 aromatic rings. The number of rotatable bonds is 7. The van der Waals surface area contributed by atoms with Gasteiger partial charge >= 0.3 is 0 Å². The fraction of sp³-hybridized carbons (Fsp3) is 0.706. The minimum absolute atomic E-state index is 0. The molecule has 0 aliphatic carbocycles. The lowest BCUT2D eigenvalue weighted by atomic mass is 10.2. The summed E-state index contributed by atoms with van der Waals surface area (Å²) in [5.41, 5.74) is 0. The van der Waals surface area contributed by atoms with E-state index in [4.69, 9.17) is 0 Å². The van der Waals surface area contributed by atoms with Gasteiger partial charge in [-0.3, -0.25) is 14.5 Å². The van der Waals surface area contributed by atoms with Crippen molar-refractivity contribution < 1.29 is 4.79 Å². The number of aromatic nitrogens is 2. The Labute approximate surface area is 167 Å². The van der Waals surface area contributed by atoms with Crippen molar-refractivity contribution in [3.63, 3.8) is 0 Å². The summed E-state index contributed by atoms with van der Waals surface area (Å²) in [5, 5.41) is 10.9. The van der Waals surface area contributed by atoms with Crippen LogP contribution < -0.4 is 10.6 Å². The van der Waals surface area contributed by atoms with Gasteiger partial charge in [-0.05, 0) is 25.8 Å². The molecule has 1 aliphatic heterocycles. The maximum Gasteiger partial charge on any atom is 0.225 e. The number of hydrogen-bond donors (Lipinski definition) is 2. The molecule has 1 unspecified atom stereocenters. The lowest BCUT2D eigenvalue weighted by molar-refractivity contribution is -0.133. The topological polar surface area (TPSA) is 74.6 Å². The monoisotopic (exact) mass is 462 g/mol. The molecule has 0 spiro atoms. The van der Waals surface area contributed by atoms with Crippen LogP contribution in [-0.2, 0) is 11.3 Å². The molecule has 8 heteroatoms. The number of carbonyl (C=O) groups is 1. The van der Waals surface area contributed by atoms with Crippen LogP contribution in [0.4, 0.5) is 0 Å². The number of aliphatic imine (C=N–C) groups is 1. The van der Waals surface area contributed by atoms with E-state index >= 15 is 0 Å². The lowest BCUT2D eigenvalue weighted by Gasteiger charge is -2.20. The number of halogens is 1. The highest BCUT2D eigenvalue weighted by molar-refractivity contribution is 14.0. The summed E-state index contributed by atoms with van der Waals surface area (Å²) < 4.78 is 1.92. The molecule has 1 amide bonds. The van der Waals surface area contributed by atoms with Gasteiger partial charge in [-0.1, -0.05) is 13.8 Å². The smallest absolute Gasteiger partial charge is 0.225 e. The largest absolute Gasteiger partial charge is 0.357 e. The van der Waals surface area contributed by atoms with E-state index in [0.29, 0.717) is 0 Å². The van der Waals surface area contributed by atoms with Gasteiger partial charge in [-0.25, -0.2) is 0 Å². The maximum absolute atomic E-state index is 12.1. The molecule has 0 saturated carbocycles. The van der Waals surface area contributed by atoms with E-state index in [0.717, 1.165) is 51.5 Å². The van der Waals surface area contributed by atoms with Crippen molar-refractivity contribution in [2.45, 2.75) is 46.2 Å². The van der Waals surface area contributed by atoms with Gasteiger partial charge < -0.3 is 15.5 Å². The second-order valence-electron chi connectivity index (χ2n) is 6.45. The Hall–Kier alpha value is -1.32. The van der Waals surface area contributed by atoms with Crippen LogP contribution >= 0.6 is 24.0 Å². The highest BCUT2D eigenvalue weighted by Crippen LogP contribution is 2.12. The van der Waals surface area contributed by atoms with Crippen molar-refractivity contribution in [2.24, 2.45) is 10.9 Å². The molecular weight excluding hydrogens is 431 g/mol. The van der Waals surface area contributed by atoms with E-state index in [1.54, 1.807) is 6.20 Å². The van der Waals surface area contributed by atoms with E-state index in [9.17, 15) is 4.79 Å². The quantitative estimate of drug-likeness (QED) is 0.280. The Bertz CT molecular complexity index is 531. The van der Waals surface area contributed by atoms with Crippen LogP contribution in [0.5, 0.6) is 0 Å². The number of guanidine groups is 1. The Balaban J connectivity index is 0.00000312. The molecule has 25 heavy (non-hydrogen) atoms. The standard InChI is InChI=1S/C17H30N6O.HI/c1-4-18-17(19-8-5-10-23-11-6-9-20-23)21-15-7-12-22(13-15)16(24)14(2)3;/h6,9,11,14-15H,4-5,7-8,10,12-13H2,1-3H3,(H2,18,19,21);1H. The highest BCUT2D eigenvalue weighted by atomic mass is 127. The lowest BCUT2D eigenvalue weighted by Crippen LogP contribution is -2.45. The van der Waals surface area contributed by atoms with Crippen LogP contribution in [0, 0.1) is 5.92 Å². The fourth-order valence-corrected chi connectivity index (χ4v) is 2.81. The second-order valence-corrected chi connectivity index (χ2v) is 6.45. The predicted octanol–water partition coefficient (Wildman–Crippen LogP) is 1.70. The van der Waals surface area contributed by atoms with Gasteiger partial charge in [0, 0.05) is 57.1 Å². The molecule has 0 aromatic carbocycles. The van der Waals surface area contributed by atoms with Gasteiger partial charge in [0.05, 0.1) is 0 Å². The van der Waals surface area contributed by atoms with Crippen LogP contribution in [-0.4, -0.2) is 58.8 Å². The molecule has 1 aromatic heterocycles. The van der Waals surface area contributed by atoms with Gasteiger partial charge in [0.25, 0.3) is 0 Å². The van der Waals surface area contributed by atoms with E-state index in [2.05, 4.69) is 27.6 Å². The third-order valence-corrected chi connectivity index (χ3v) is 4.05. The molecule has 0 radical (unpaired) electrons. The molecule has 2 rings (SSSR count). The molecule has 1 aliphatic rings. The molecule has 2 N–H and O–H groups in total. The molecule has 142 valence electrons. The third-order valence-electron chi connectivity index (χ3n) is 4.05. The Morgan fingerprint density at radius 2 is 2.24 bits per heavy atom. The Morgan fingerprint density at radius 1 is 1.44 bits per heavy atom. The van der Waals surface area contributed by atoms with Crippen molar-refractivity contribution in [3.05, 3.63) is 18.5 Å². The summed E-state index contributed by atoms with van der Waals surface area (Å²) in [6, 6.07) is 2.20. The maximum atomic E-state index is 12.1. The predicted molar refractivity (Wildman–Crippen MR) is 111 cm³/mol. The van der Waals surface area contributed by atoms with Crippen LogP contribution in [0.25, 0.3) is 0 Å². The summed E-state index contributed by atoms with van der Waals surface area (Å²) in [4.78, 5) is 18.6. The number of hydrogen-bond acceptors (Lipinski definition) is 3. The average molecular weight is 462 g/mol. The minimum Gasteiger partial charge on any atom is -0.357 e. The summed E-state index contributed by atoms with van der Waals surface area (Å²) in [7, 11) is 0. The van der Waals surface area contributed by atoms with Crippen molar-refractivity contribution in [1.29, 1.82) is 0 Å². The van der Waals surface area contributed by atoms with Gasteiger partial charge in [0.1, 0.15) is 0 Å². The summed E-state index contributed by atoms with van der Waals surface area (Å²) in [5.74, 6) is 1.13. The first-order valence-corrected chi connectivity index (χ1v) is 8.91. The Kier molecular flexibility index (Phi) is 9.84. The summed E-state index contributed by atoms with van der Waals surface area (Å²) in [6.07, 6.45) is 5.67. The fourth-order valence-electron chi connectivity index (χ4n) is 2.81. The number of nitrogens with one attached hydrogen (secondary N) is 2. The average Bonchev–Trinajstić information content (AvgIpc) is 3.22. The molecule has 0 bridgehead atoms. The zero-order valence-corrected chi connectivity index (χ0v) is 17.8. The summed E-state index contributed by atoms with van der Waals surface area (Å²) >= 11 is 0. The Morgan fingerprint density at radius 3 is 2.88 bits per heavy atom. The van der Waals surface area contributed by atoms with Gasteiger partial charge in [-0.2, -0.15) is 5.10 Å². The van der Waals surface area contributed by atoms with E-state index in [1.165, 1.54) is 0 Å². The number of aryl methyl sites for hydroxylation is 1. The van der Waals surface area contributed by atoms with Gasteiger partial charge in [-0.15, -0.1) is 24.0 Å². The van der Waals surface area contributed by atoms with Crippen molar-refractivity contribution in [1.82, 2.24) is 25.3 Å². The second kappa shape index (κ2) is 11.3. The first-order valence-electron chi connectivity index (χ1n) is 8.91. The molecule has 1 saturated heterocycles. The molecule has 1 fully saturated rings. The minimum atomic E-state index is 0. The molecule has 7 nitrogen and oxygen atoms in total. The SMILES string of the molecule is CCNC(=NCCCn1cccn1)NC1CCN(C(=O)C(C)C)C1.I. The zero-order valence-electron chi connectivity index (χ0n) is 15.4. The number of carbonyl (C=O) groups excluding carboxylic acids is 1. The number of nitrogens with zero attached hydrogens (tertiary/aromatic N) is 4. The van der Waals surface area contributed by atoms with Crippen molar-refractivity contribution in [3.8, 4) is 0 Å². The van der Waals surface area contributed by atoms with Crippen LogP contribution in [0.3, 0.4) is 0 Å². The zero-order chi connectivity index (χ0) is 17.4. The van der Waals surface area contributed by atoms with Crippen molar-refractivity contribution >= 4 is 35.8 Å². The first-order chi connectivity index (χ1) is 11.6. The van der Waals surface area contributed by atoms with Gasteiger partial charge in [0.2, 0.25) is 5.91 Å². The van der Waals surface area contributed by atoms with E-state index in [-0.39, 0.29) is 41.8 Å². The third kappa shape index (κ3) is 7.21. The van der Waals surface area contributed by atoms with Crippen LogP contribution in [0.2, 0.25) is 0 Å². The number of amides is 1. The van der Waals surface area contributed by atoms with Crippen molar-refractivity contribution in [2.75, 3.05) is 26.2 Å². The molecule has 1 atom stereocenters. The van der Waals surface area contributed by atoms with E-state index < -0.39 is 0 Å². The molecule has 2 heterocycles. The van der Waals surface area contributed by atoms with Crippen LogP contribution in [0.1, 0.15) is 33.6 Å². The van der Waals surface area contributed by atoms with Gasteiger partial charge in [0.15, 0.2) is 5.96 Å². The van der Waals surface area contributed by atoms with Crippen LogP contribution in [0.15, 0.2) is 23.5 Å². The summed E-state index contributed by atoms with van der Waals surface area (Å²) in [6.45, 7) is 9.99. The first kappa shape index (κ1) is 21.7. The molecular formula is C17H31IN6O. The normalized spacial score (nSPS) is 17.5. The highest BCUT2D eigenvalue weighted by Gasteiger charge is 2.27. The number of likely N-dealkylation sites (tertiary alicyclic amines) is 1.